The SMILES string of the molecule is CCCCc1c([O-])c([O-])c(CCCC)c(F)c1F.[Ni+2]. The number of hydrogen-bond acceptors (Lipinski definition) is 2. The molecule has 1 aromatic rings. The normalized spacial score (nSPS) is 10.3. The maximum Gasteiger partial charge on any atom is 2.00 e. The van der Waals surface area contributed by atoms with Crippen LogP contribution in [0.5, 0.6) is 11.5 Å². The van der Waals surface area contributed by atoms with Crippen LogP contribution in [-0.4, -0.2) is 0 Å². The molecule has 5 heteroatoms. The molecule has 0 N–H and O–H groups in total. The van der Waals surface area contributed by atoms with Crippen LogP contribution in [0.25, 0.3) is 0 Å². The summed E-state index contributed by atoms with van der Waals surface area (Å²) < 4.78 is 27.5. The van der Waals surface area contributed by atoms with Gasteiger partial charge in [0.25, 0.3) is 0 Å². The van der Waals surface area contributed by atoms with Gasteiger partial charge in [0.1, 0.15) is 0 Å². The molecule has 0 saturated carbocycles. The van der Waals surface area contributed by atoms with Gasteiger partial charge in [0.15, 0.2) is 11.6 Å². The van der Waals surface area contributed by atoms with Gasteiger partial charge < -0.3 is 10.2 Å². The Hall–Kier alpha value is -0.826. The van der Waals surface area contributed by atoms with Gasteiger partial charge in [0.05, 0.1) is 0 Å². The Kier molecular flexibility index (Phi) is 8.00. The number of benzene rings is 1. The van der Waals surface area contributed by atoms with Gasteiger partial charge in [0, 0.05) is 0 Å². The minimum absolute atomic E-state index is 0. The number of hydrogen-bond donors (Lipinski definition) is 0. The van der Waals surface area contributed by atoms with Gasteiger partial charge in [-0.1, -0.05) is 26.7 Å². The van der Waals surface area contributed by atoms with E-state index in [1.165, 1.54) is 0 Å². The van der Waals surface area contributed by atoms with E-state index in [9.17, 15) is 19.0 Å². The zero-order valence-electron chi connectivity index (χ0n) is 11.1. The zero-order chi connectivity index (χ0) is 13.7. The van der Waals surface area contributed by atoms with Gasteiger partial charge in [-0.2, -0.15) is 0 Å². The Balaban J connectivity index is 0.00000324. The van der Waals surface area contributed by atoms with Crippen molar-refractivity contribution in [3.05, 3.63) is 22.8 Å². The summed E-state index contributed by atoms with van der Waals surface area (Å²) in [6.45, 7) is 3.76. The number of halogens is 2. The summed E-state index contributed by atoms with van der Waals surface area (Å²) in [6, 6.07) is 0. The minimum atomic E-state index is -1.13. The molecule has 0 spiro atoms. The van der Waals surface area contributed by atoms with Crippen LogP contribution >= 0.6 is 0 Å². The van der Waals surface area contributed by atoms with Crippen LogP contribution in [0.4, 0.5) is 8.78 Å². The molecule has 0 atom stereocenters. The molecule has 0 fully saturated rings. The van der Waals surface area contributed by atoms with Crippen molar-refractivity contribution in [2.75, 3.05) is 0 Å². The molecular formula is C14H18F2NiO2. The van der Waals surface area contributed by atoms with Gasteiger partial charge in [0.2, 0.25) is 0 Å². The van der Waals surface area contributed by atoms with Gasteiger partial charge >= 0.3 is 16.5 Å². The molecule has 0 aromatic heterocycles. The first kappa shape index (κ1) is 18.2. The van der Waals surface area contributed by atoms with Crippen molar-refractivity contribution in [1.29, 1.82) is 0 Å². The molecule has 110 valence electrons. The molecule has 0 aliphatic carbocycles. The molecule has 2 nitrogen and oxygen atoms in total. The Morgan fingerprint density at radius 3 is 1.37 bits per heavy atom. The first-order valence-electron chi connectivity index (χ1n) is 6.41. The second-order valence-corrected chi connectivity index (χ2v) is 4.45. The van der Waals surface area contributed by atoms with E-state index in [-0.39, 0.29) is 40.5 Å². The van der Waals surface area contributed by atoms with E-state index in [2.05, 4.69) is 0 Å². The summed E-state index contributed by atoms with van der Waals surface area (Å²) in [7, 11) is 0. The molecule has 0 amide bonds. The maximum absolute atomic E-state index is 13.7. The van der Waals surface area contributed by atoms with Crippen LogP contribution in [0.15, 0.2) is 0 Å². The second kappa shape index (κ2) is 8.37. The monoisotopic (exact) mass is 314 g/mol. The van der Waals surface area contributed by atoms with Crippen molar-refractivity contribution in [2.24, 2.45) is 0 Å². The van der Waals surface area contributed by atoms with Crippen molar-refractivity contribution >= 4 is 0 Å². The van der Waals surface area contributed by atoms with E-state index in [0.29, 0.717) is 12.8 Å². The fourth-order valence-electron chi connectivity index (χ4n) is 1.89. The standard InChI is InChI=1S/C14H20F2O2.Ni/c1-3-5-7-9-11(15)12(16)10(8-6-4-2)14(18)13(9)17;/h17-18H,3-8H2,1-2H3;/q;+2/p-2. The van der Waals surface area contributed by atoms with Crippen LogP contribution in [0.1, 0.15) is 50.7 Å². The molecule has 1 aromatic carbocycles. The van der Waals surface area contributed by atoms with Crippen molar-refractivity contribution in [2.45, 2.75) is 52.4 Å². The molecule has 0 radical (unpaired) electrons. The van der Waals surface area contributed by atoms with Crippen molar-refractivity contribution in [3.8, 4) is 11.5 Å². The van der Waals surface area contributed by atoms with Crippen LogP contribution in [0, 0.1) is 11.6 Å². The molecule has 0 aliphatic rings. The quantitative estimate of drug-likeness (QED) is 0.758. The summed E-state index contributed by atoms with van der Waals surface area (Å²) >= 11 is 0. The van der Waals surface area contributed by atoms with Gasteiger partial charge in [-0.15, -0.1) is 11.5 Å². The fourth-order valence-corrected chi connectivity index (χ4v) is 1.89. The smallest absolute Gasteiger partial charge is 0.873 e. The Morgan fingerprint density at radius 1 is 0.789 bits per heavy atom. The first-order chi connectivity index (χ1) is 8.54. The first-order valence-corrected chi connectivity index (χ1v) is 6.41. The third-order valence-corrected chi connectivity index (χ3v) is 3.04. The van der Waals surface area contributed by atoms with Crippen LogP contribution in [-0.2, 0) is 29.3 Å². The van der Waals surface area contributed by atoms with E-state index in [0.717, 1.165) is 12.8 Å². The largest absolute Gasteiger partial charge is 2.00 e. The predicted octanol–water partition coefficient (Wildman–Crippen LogP) is 2.79. The molecule has 0 aliphatic heterocycles. The Bertz CT molecular complexity index is 354. The van der Waals surface area contributed by atoms with Crippen molar-refractivity contribution < 1.29 is 35.5 Å². The van der Waals surface area contributed by atoms with Crippen LogP contribution in [0.3, 0.4) is 0 Å². The third-order valence-electron chi connectivity index (χ3n) is 3.04. The van der Waals surface area contributed by atoms with Gasteiger partial charge in [-0.3, -0.25) is 0 Å². The molecule has 0 unspecified atom stereocenters. The van der Waals surface area contributed by atoms with Crippen LogP contribution in [0.2, 0.25) is 0 Å². The molecule has 0 saturated heterocycles. The van der Waals surface area contributed by atoms with E-state index >= 15 is 0 Å². The average molecular weight is 315 g/mol. The third kappa shape index (κ3) is 4.07. The molecular weight excluding hydrogens is 297 g/mol. The van der Waals surface area contributed by atoms with Crippen molar-refractivity contribution in [1.82, 2.24) is 0 Å². The molecule has 0 heterocycles. The molecule has 0 bridgehead atoms. The summed E-state index contributed by atoms with van der Waals surface area (Å²) in [6.07, 6.45) is 2.90. The topological polar surface area (TPSA) is 46.1 Å². The molecule has 1 rings (SSSR count). The summed E-state index contributed by atoms with van der Waals surface area (Å²) in [5.41, 5.74) is -0.584. The van der Waals surface area contributed by atoms with E-state index in [1.54, 1.807) is 0 Å². The average Bonchev–Trinajstić information content (AvgIpc) is 2.37. The number of unbranched alkanes of at least 4 members (excludes halogenated alkanes) is 2. The number of rotatable bonds is 6. The Morgan fingerprint density at radius 2 is 1.11 bits per heavy atom. The fraction of sp³-hybridized carbons (Fsp3) is 0.571. The minimum Gasteiger partial charge on any atom is -0.873 e. The van der Waals surface area contributed by atoms with Crippen molar-refractivity contribution in [3.63, 3.8) is 0 Å². The van der Waals surface area contributed by atoms with E-state index in [1.807, 2.05) is 13.8 Å². The van der Waals surface area contributed by atoms with E-state index in [4.69, 9.17) is 0 Å². The van der Waals surface area contributed by atoms with E-state index < -0.39 is 23.1 Å². The summed E-state index contributed by atoms with van der Waals surface area (Å²) in [5, 5.41) is 23.4. The summed E-state index contributed by atoms with van der Waals surface area (Å²) in [4.78, 5) is 0. The zero-order valence-corrected chi connectivity index (χ0v) is 12.1. The van der Waals surface area contributed by atoms with Crippen LogP contribution < -0.4 is 10.2 Å². The van der Waals surface area contributed by atoms with Gasteiger partial charge in [-0.05, 0) is 36.8 Å². The predicted molar refractivity (Wildman–Crippen MR) is 62.5 cm³/mol. The maximum atomic E-state index is 13.7. The molecule has 19 heavy (non-hydrogen) atoms. The Labute approximate surface area is 122 Å². The second-order valence-electron chi connectivity index (χ2n) is 4.45. The summed E-state index contributed by atoms with van der Waals surface area (Å²) in [5.74, 6) is -3.99. The van der Waals surface area contributed by atoms with Gasteiger partial charge in [-0.25, -0.2) is 8.78 Å².